The molecule has 1 N–H and O–H groups in total. The number of aryl methyl sites for hydroxylation is 2. The van der Waals surface area contributed by atoms with Crippen LogP contribution in [0, 0.1) is 25.5 Å². The van der Waals surface area contributed by atoms with Gasteiger partial charge in [0.2, 0.25) is 0 Å². The van der Waals surface area contributed by atoms with Gasteiger partial charge in [0.25, 0.3) is 0 Å². The summed E-state index contributed by atoms with van der Waals surface area (Å²) in [5.74, 6) is -1.88. The number of nitrogens with zero attached hydrogens (tertiary/aromatic N) is 1. The van der Waals surface area contributed by atoms with Crippen molar-refractivity contribution < 1.29 is 13.9 Å². The summed E-state index contributed by atoms with van der Waals surface area (Å²) in [6.07, 6.45) is -0.962. The van der Waals surface area contributed by atoms with Crippen LogP contribution in [0.25, 0.3) is 0 Å². The van der Waals surface area contributed by atoms with E-state index in [9.17, 15) is 13.9 Å². The number of hydrogen-bond donors (Lipinski definition) is 1. The SMILES string of the molecule is Cc1nc(C)c(C(O)c2ccc(F)c(F)c2)s1. The van der Waals surface area contributed by atoms with Gasteiger partial charge in [0.05, 0.1) is 15.6 Å². The zero-order valence-electron chi connectivity index (χ0n) is 9.37. The first-order chi connectivity index (χ1) is 7.99. The highest BCUT2D eigenvalue weighted by Gasteiger charge is 2.18. The van der Waals surface area contributed by atoms with Crippen molar-refractivity contribution in [3.8, 4) is 0 Å². The molecular formula is C12H11F2NOS. The third kappa shape index (κ3) is 2.35. The van der Waals surface area contributed by atoms with Gasteiger partial charge in [-0.25, -0.2) is 13.8 Å². The molecule has 1 aromatic carbocycles. The molecular weight excluding hydrogens is 244 g/mol. The minimum Gasteiger partial charge on any atom is -0.383 e. The van der Waals surface area contributed by atoms with E-state index < -0.39 is 17.7 Å². The number of rotatable bonds is 2. The van der Waals surface area contributed by atoms with Crippen LogP contribution >= 0.6 is 11.3 Å². The van der Waals surface area contributed by atoms with Gasteiger partial charge >= 0.3 is 0 Å². The van der Waals surface area contributed by atoms with Gasteiger partial charge in [0.15, 0.2) is 11.6 Å². The lowest BCUT2D eigenvalue weighted by atomic mass is 10.1. The molecule has 0 aliphatic carbocycles. The lowest BCUT2D eigenvalue weighted by Gasteiger charge is -2.09. The summed E-state index contributed by atoms with van der Waals surface area (Å²) in [7, 11) is 0. The van der Waals surface area contributed by atoms with Crippen LogP contribution in [0.1, 0.15) is 27.2 Å². The number of aliphatic hydroxyl groups is 1. The second kappa shape index (κ2) is 4.50. The zero-order valence-corrected chi connectivity index (χ0v) is 10.2. The topological polar surface area (TPSA) is 33.1 Å². The molecule has 0 aliphatic rings. The van der Waals surface area contributed by atoms with Crippen LogP contribution in [0.2, 0.25) is 0 Å². The highest BCUT2D eigenvalue weighted by molar-refractivity contribution is 7.11. The van der Waals surface area contributed by atoms with Gasteiger partial charge in [-0.05, 0) is 31.5 Å². The summed E-state index contributed by atoms with van der Waals surface area (Å²) >= 11 is 1.35. The molecule has 0 saturated heterocycles. The van der Waals surface area contributed by atoms with Gasteiger partial charge in [-0.3, -0.25) is 0 Å². The Bertz CT molecular complexity index is 553. The van der Waals surface area contributed by atoms with E-state index in [-0.39, 0.29) is 0 Å². The molecule has 1 unspecified atom stereocenters. The Morgan fingerprint density at radius 3 is 2.47 bits per heavy atom. The molecule has 0 spiro atoms. The number of aliphatic hydroxyl groups excluding tert-OH is 1. The highest BCUT2D eigenvalue weighted by Crippen LogP contribution is 2.30. The molecule has 1 heterocycles. The van der Waals surface area contributed by atoms with Crippen molar-refractivity contribution in [3.63, 3.8) is 0 Å². The van der Waals surface area contributed by atoms with E-state index in [2.05, 4.69) is 4.98 Å². The van der Waals surface area contributed by atoms with E-state index >= 15 is 0 Å². The number of aromatic nitrogens is 1. The maximum Gasteiger partial charge on any atom is 0.159 e. The molecule has 0 radical (unpaired) electrons. The molecule has 5 heteroatoms. The van der Waals surface area contributed by atoms with Gasteiger partial charge in [-0.15, -0.1) is 11.3 Å². The summed E-state index contributed by atoms with van der Waals surface area (Å²) in [5, 5.41) is 10.9. The summed E-state index contributed by atoms with van der Waals surface area (Å²) in [6.45, 7) is 3.61. The van der Waals surface area contributed by atoms with Crippen LogP contribution in [0.15, 0.2) is 18.2 Å². The third-order valence-electron chi connectivity index (χ3n) is 2.45. The number of thiazole rings is 1. The first kappa shape index (κ1) is 12.1. The average molecular weight is 255 g/mol. The molecule has 17 heavy (non-hydrogen) atoms. The lowest BCUT2D eigenvalue weighted by Crippen LogP contribution is -2.00. The third-order valence-corrected chi connectivity index (χ3v) is 3.57. The summed E-state index contributed by atoms with van der Waals surface area (Å²) in [6, 6.07) is 3.39. The van der Waals surface area contributed by atoms with Crippen molar-refractivity contribution in [3.05, 3.63) is 51.0 Å². The minimum atomic E-state index is -0.962. The van der Waals surface area contributed by atoms with Crippen molar-refractivity contribution >= 4 is 11.3 Å². The molecule has 2 nitrogen and oxygen atoms in total. The Morgan fingerprint density at radius 1 is 1.24 bits per heavy atom. The summed E-state index contributed by atoms with van der Waals surface area (Å²) in [4.78, 5) is 4.85. The quantitative estimate of drug-likeness (QED) is 0.894. The first-order valence-corrected chi connectivity index (χ1v) is 5.87. The lowest BCUT2D eigenvalue weighted by molar-refractivity contribution is 0.222. The van der Waals surface area contributed by atoms with E-state index in [4.69, 9.17) is 0 Å². The molecule has 2 rings (SSSR count). The molecule has 0 bridgehead atoms. The summed E-state index contributed by atoms with van der Waals surface area (Å²) in [5.41, 5.74) is 1.04. The van der Waals surface area contributed by atoms with Gasteiger partial charge < -0.3 is 5.11 Å². The Kier molecular flexibility index (Phi) is 3.22. The fourth-order valence-electron chi connectivity index (χ4n) is 1.63. The van der Waals surface area contributed by atoms with Gasteiger partial charge in [0, 0.05) is 0 Å². The van der Waals surface area contributed by atoms with Gasteiger partial charge in [0.1, 0.15) is 6.10 Å². The van der Waals surface area contributed by atoms with Crippen LogP contribution in [0.3, 0.4) is 0 Å². The van der Waals surface area contributed by atoms with E-state index in [0.29, 0.717) is 16.1 Å². The highest BCUT2D eigenvalue weighted by atomic mass is 32.1. The molecule has 2 aromatic rings. The standard InChI is InChI=1S/C12H11F2NOS/c1-6-12(17-7(2)15-6)11(16)8-3-4-9(13)10(14)5-8/h3-5,11,16H,1-2H3. The van der Waals surface area contributed by atoms with E-state index in [1.807, 2.05) is 6.92 Å². The Labute approximate surface area is 102 Å². The van der Waals surface area contributed by atoms with Crippen LogP contribution in [0.5, 0.6) is 0 Å². The summed E-state index contributed by atoms with van der Waals surface area (Å²) < 4.78 is 25.8. The predicted octanol–water partition coefficient (Wildman–Crippen LogP) is 3.12. The largest absolute Gasteiger partial charge is 0.383 e. The minimum absolute atomic E-state index is 0.329. The van der Waals surface area contributed by atoms with Crippen molar-refractivity contribution in [2.75, 3.05) is 0 Å². The van der Waals surface area contributed by atoms with Crippen molar-refractivity contribution in [2.45, 2.75) is 20.0 Å². The first-order valence-electron chi connectivity index (χ1n) is 5.06. The normalized spacial score (nSPS) is 12.8. The smallest absolute Gasteiger partial charge is 0.159 e. The average Bonchev–Trinajstić information content (AvgIpc) is 2.61. The molecule has 90 valence electrons. The molecule has 0 aliphatic heterocycles. The predicted molar refractivity (Wildman–Crippen MR) is 62.0 cm³/mol. The van der Waals surface area contributed by atoms with E-state index in [1.54, 1.807) is 6.92 Å². The van der Waals surface area contributed by atoms with Crippen LogP contribution in [0.4, 0.5) is 8.78 Å². The molecule has 1 atom stereocenters. The van der Waals surface area contributed by atoms with Crippen molar-refractivity contribution in [1.82, 2.24) is 4.98 Å². The maximum atomic E-state index is 13.1. The van der Waals surface area contributed by atoms with Crippen molar-refractivity contribution in [1.29, 1.82) is 0 Å². The maximum absolute atomic E-state index is 13.1. The number of benzene rings is 1. The van der Waals surface area contributed by atoms with E-state index in [1.165, 1.54) is 17.4 Å². The van der Waals surface area contributed by atoms with Crippen molar-refractivity contribution in [2.24, 2.45) is 0 Å². The van der Waals surface area contributed by atoms with Crippen LogP contribution in [-0.4, -0.2) is 10.1 Å². The fourth-order valence-corrected chi connectivity index (χ4v) is 2.58. The Morgan fingerprint density at radius 2 is 1.94 bits per heavy atom. The number of halogens is 2. The molecule has 0 amide bonds. The monoisotopic (exact) mass is 255 g/mol. The second-order valence-electron chi connectivity index (χ2n) is 3.76. The van der Waals surface area contributed by atoms with Gasteiger partial charge in [-0.2, -0.15) is 0 Å². The molecule has 1 aromatic heterocycles. The zero-order chi connectivity index (χ0) is 12.6. The van der Waals surface area contributed by atoms with E-state index in [0.717, 1.165) is 17.1 Å². The number of hydrogen-bond acceptors (Lipinski definition) is 3. The molecule has 0 fully saturated rings. The fraction of sp³-hybridized carbons (Fsp3) is 0.250. The van der Waals surface area contributed by atoms with Crippen LogP contribution < -0.4 is 0 Å². The Balaban J connectivity index is 2.40. The second-order valence-corrected chi connectivity index (χ2v) is 4.99. The van der Waals surface area contributed by atoms with Crippen LogP contribution in [-0.2, 0) is 0 Å². The van der Waals surface area contributed by atoms with Gasteiger partial charge in [-0.1, -0.05) is 6.07 Å². The molecule has 0 saturated carbocycles. The Hall–Kier alpha value is -1.33.